The standard InChI is InChI=1S/C25H22N2O5S/c1-3-32-25(30)22-19-17(14-15-10-6-4-7-11-15)18(26)20(24(29)31-2)27(19)23(28)21(33-22)16-12-8-5-9-13-16/h4-14,21H,3,26H2,1-2H3/b17-14+. The first kappa shape index (κ1) is 22.4. The Labute approximate surface area is 194 Å². The number of rotatable bonds is 5. The van der Waals surface area contributed by atoms with Crippen LogP contribution >= 0.6 is 11.8 Å². The molecule has 1 aromatic heterocycles. The van der Waals surface area contributed by atoms with Crippen LogP contribution in [0, 0.1) is 0 Å². The smallest absolute Gasteiger partial charge is 0.357 e. The number of nitrogens with two attached hydrogens (primary N) is 1. The van der Waals surface area contributed by atoms with Crippen LogP contribution in [-0.4, -0.2) is 36.1 Å². The lowest BCUT2D eigenvalue weighted by Crippen LogP contribution is -2.42. The second-order valence-electron chi connectivity index (χ2n) is 7.20. The summed E-state index contributed by atoms with van der Waals surface area (Å²) in [5.41, 5.74) is 7.85. The number of esters is 2. The highest BCUT2D eigenvalue weighted by molar-refractivity contribution is 8.10. The van der Waals surface area contributed by atoms with Crippen LogP contribution in [-0.2, 0) is 14.3 Å². The number of aromatic nitrogens is 1. The normalized spacial score (nSPS) is 15.8. The van der Waals surface area contributed by atoms with Crippen molar-refractivity contribution >= 4 is 46.3 Å². The minimum absolute atomic E-state index is 0.0603. The van der Waals surface area contributed by atoms with E-state index in [1.54, 1.807) is 25.1 Å². The summed E-state index contributed by atoms with van der Waals surface area (Å²) in [6, 6.07) is 18.3. The van der Waals surface area contributed by atoms with E-state index in [1.165, 1.54) is 11.7 Å². The molecule has 4 rings (SSSR count). The Morgan fingerprint density at radius 1 is 1.06 bits per heavy atom. The number of hydrogen-bond donors (Lipinski definition) is 1. The number of thioether (sulfide) groups is 1. The van der Waals surface area contributed by atoms with E-state index in [-0.39, 0.29) is 28.2 Å². The Morgan fingerprint density at radius 2 is 1.70 bits per heavy atom. The van der Waals surface area contributed by atoms with Crippen molar-refractivity contribution in [2.75, 3.05) is 19.5 Å². The second-order valence-corrected chi connectivity index (χ2v) is 8.32. The zero-order chi connectivity index (χ0) is 23.5. The topological polar surface area (TPSA) is 101 Å². The van der Waals surface area contributed by atoms with Crippen LogP contribution in [0.1, 0.15) is 38.6 Å². The average Bonchev–Trinajstić information content (AvgIpc) is 3.12. The number of hydrogen-bond acceptors (Lipinski definition) is 7. The Morgan fingerprint density at radius 3 is 2.30 bits per heavy atom. The van der Waals surface area contributed by atoms with Gasteiger partial charge in [-0.1, -0.05) is 72.4 Å². The van der Waals surface area contributed by atoms with E-state index in [9.17, 15) is 14.4 Å². The lowest BCUT2D eigenvalue weighted by Gasteiger charge is -2.23. The van der Waals surface area contributed by atoms with Crippen molar-refractivity contribution in [3.05, 3.63) is 88.1 Å². The molecule has 2 aromatic carbocycles. The molecule has 3 aromatic rings. The molecule has 0 fully saturated rings. The van der Waals surface area contributed by atoms with Crippen molar-refractivity contribution < 1.29 is 23.9 Å². The number of carbonyl (C=O) groups excluding carboxylic acids is 3. The zero-order valence-corrected chi connectivity index (χ0v) is 18.9. The maximum atomic E-state index is 13.7. The minimum atomic E-state index is -0.767. The summed E-state index contributed by atoms with van der Waals surface area (Å²) < 4.78 is 11.5. The van der Waals surface area contributed by atoms with E-state index in [4.69, 9.17) is 15.2 Å². The van der Waals surface area contributed by atoms with E-state index in [0.717, 1.165) is 17.3 Å². The van der Waals surface area contributed by atoms with Crippen molar-refractivity contribution in [2.45, 2.75) is 12.2 Å². The molecule has 0 radical (unpaired) electrons. The van der Waals surface area contributed by atoms with Gasteiger partial charge >= 0.3 is 11.9 Å². The van der Waals surface area contributed by atoms with Gasteiger partial charge in [0.1, 0.15) is 10.2 Å². The van der Waals surface area contributed by atoms with E-state index in [2.05, 4.69) is 0 Å². The molecule has 0 spiro atoms. The van der Waals surface area contributed by atoms with Crippen LogP contribution in [0.2, 0.25) is 0 Å². The van der Waals surface area contributed by atoms with Gasteiger partial charge in [0.15, 0.2) is 5.69 Å². The third-order valence-corrected chi connectivity index (χ3v) is 6.50. The van der Waals surface area contributed by atoms with Gasteiger partial charge in [-0.05, 0) is 24.1 Å². The number of nitrogens with zero attached hydrogens (tertiary/aromatic N) is 1. The summed E-state index contributed by atoms with van der Waals surface area (Å²) in [6.45, 7) is 1.86. The fourth-order valence-electron chi connectivity index (χ4n) is 3.73. The number of benzene rings is 2. The van der Waals surface area contributed by atoms with Gasteiger partial charge in [0, 0.05) is 5.22 Å². The van der Waals surface area contributed by atoms with E-state index >= 15 is 0 Å². The summed E-state index contributed by atoms with van der Waals surface area (Å²) in [5.74, 6) is -1.75. The number of ether oxygens (including phenoxy) is 2. The molecular formula is C25H22N2O5S. The molecule has 168 valence electrons. The van der Waals surface area contributed by atoms with Gasteiger partial charge in [-0.3, -0.25) is 9.36 Å². The van der Waals surface area contributed by atoms with Gasteiger partial charge in [-0.25, -0.2) is 9.59 Å². The molecule has 33 heavy (non-hydrogen) atoms. The van der Waals surface area contributed by atoms with E-state index in [1.807, 2.05) is 48.5 Å². The van der Waals surface area contributed by atoms with Crippen molar-refractivity contribution in [1.82, 2.24) is 4.57 Å². The first-order valence-electron chi connectivity index (χ1n) is 10.3. The molecule has 0 saturated carbocycles. The zero-order valence-electron chi connectivity index (χ0n) is 18.1. The SMILES string of the molecule is CCOC(=O)C1=c2/c(=C/c3ccccc3)c(N)c(C(=O)OC)n2C(=O)C(c2ccccc2)S1. The van der Waals surface area contributed by atoms with Crippen LogP contribution in [0.5, 0.6) is 0 Å². The molecule has 0 aliphatic carbocycles. The molecule has 0 bridgehead atoms. The second kappa shape index (κ2) is 9.38. The lowest BCUT2D eigenvalue weighted by atomic mass is 10.1. The third-order valence-electron chi connectivity index (χ3n) is 5.20. The fraction of sp³-hybridized carbons (Fsp3) is 0.160. The summed E-state index contributed by atoms with van der Waals surface area (Å²) in [5, 5.41) is -0.146. The molecule has 2 heterocycles. The van der Waals surface area contributed by atoms with Crippen molar-refractivity contribution in [1.29, 1.82) is 0 Å². The molecule has 8 heteroatoms. The van der Waals surface area contributed by atoms with Gasteiger partial charge in [0.25, 0.3) is 0 Å². The Bertz CT molecular complexity index is 1350. The molecule has 0 amide bonds. The van der Waals surface area contributed by atoms with Crippen LogP contribution in [0.3, 0.4) is 0 Å². The minimum Gasteiger partial charge on any atom is -0.464 e. The number of methoxy groups -OCH3 is 1. The quantitative estimate of drug-likeness (QED) is 0.582. The van der Waals surface area contributed by atoms with E-state index in [0.29, 0.717) is 10.8 Å². The molecule has 2 N–H and O–H groups in total. The third kappa shape index (κ3) is 4.05. The van der Waals surface area contributed by atoms with Crippen LogP contribution in [0.4, 0.5) is 5.69 Å². The van der Waals surface area contributed by atoms with Gasteiger partial charge in [0.05, 0.1) is 24.8 Å². The van der Waals surface area contributed by atoms with Crippen LogP contribution < -0.4 is 16.3 Å². The van der Waals surface area contributed by atoms with Crippen molar-refractivity contribution in [3.8, 4) is 0 Å². The Hall–Kier alpha value is -3.78. The monoisotopic (exact) mass is 462 g/mol. The van der Waals surface area contributed by atoms with Gasteiger partial charge in [-0.2, -0.15) is 0 Å². The molecule has 1 unspecified atom stereocenters. The van der Waals surface area contributed by atoms with E-state index < -0.39 is 23.1 Å². The maximum Gasteiger partial charge on any atom is 0.357 e. The summed E-state index contributed by atoms with van der Waals surface area (Å²) in [6.07, 6.45) is 1.74. The number of anilines is 1. The van der Waals surface area contributed by atoms with Gasteiger partial charge < -0.3 is 15.2 Å². The highest BCUT2D eigenvalue weighted by Gasteiger charge is 2.38. The van der Waals surface area contributed by atoms with Crippen molar-refractivity contribution in [3.63, 3.8) is 0 Å². The Balaban J connectivity index is 2.11. The lowest BCUT2D eigenvalue weighted by molar-refractivity contribution is -0.135. The molecular weight excluding hydrogens is 440 g/mol. The first-order chi connectivity index (χ1) is 16.0. The van der Waals surface area contributed by atoms with Gasteiger partial charge in [0.2, 0.25) is 5.91 Å². The van der Waals surface area contributed by atoms with Crippen LogP contribution in [0.15, 0.2) is 60.7 Å². The first-order valence-corrected chi connectivity index (χ1v) is 11.2. The number of nitrogen functional groups attached to an aromatic ring is 1. The number of carbonyl (C=O) groups is 3. The average molecular weight is 463 g/mol. The fourth-order valence-corrected chi connectivity index (χ4v) is 4.94. The van der Waals surface area contributed by atoms with Gasteiger partial charge in [-0.15, -0.1) is 0 Å². The molecule has 7 nitrogen and oxygen atoms in total. The number of fused-ring (bicyclic) bond motifs is 1. The molecule has 1 aliphatic rings. The molecule has 1 atom stereocenters. The predicted molar refractivity (Wildman–Crippen MR) is 127 cm³/mol. The highest BCUT2D eigenvalue weighted by atomic mass is 32.2. The summed E-state index contributed by atoms with van der Waals surface area (Å²) >= 11 is 1.09. The largest absolute Gasteiger partial charge is 0.464 e. The Kier molecular flexibility index (Phi) is 6.37. The summed E-state index contributed by atoms with van der Waals surface area (Å²) in [7, 11) is 1.22. The summed E-state index contributed by atoms with van der Waals surface area (Å²) in [4.78, 5) is 39.7. The highest BCUT2D eigenvalue weighted by Crippen LogP contribution is 2.39. The maximum absolute atomic E-state index is 13.7. The van der Waals surface area contributed by atoms with Crippen LogP contribution in [0.25, 0.3) is 11.0 Å². The molecule has 1 aliphatic heterocycles. The molecule has 0 saturated heterocycles. The van der Waals surface area contributed by atoms with Crippen molar-refractivity contribution in [2.24, 2.45) is 0 Å². The predicted octanol–water partition coefficient (Wildman–Crippen LogP) is 2.49.